The van der Waals surface area contributed by atoms with E-state index in [1.54, 1.807) is 34.3 Å². The number of aromatic nitrogens is 5. The lowest BCUT2D eigenvalue weighted by atomic mass is 9.59. The summed E-state index contributed by atoms with van der Waals surface area (Å²) in [4.78, 5) is 43.2. The highest BCUT2D eigenvalue weighted by atomic mass is 32.2. The number of benzene rings is 3. The topological polar surface area (TPSA) is 194 Å². The lowest BCUT2D eigenvalue weighted by molar-refractivity contribution is -0.384. The Bertz CT molecular complexity index is 3190. The van der Waals surface area contributed by atoms with Crippen LogP contribution < -0.4 is 19.7 Å². The van der Waals surface area contributed by atoms with Crippen LogP contribution in [0.25, 0.3) is 27.8 Å². The fourth-order valence-electron chi connectivity index (χ4n) is 11.3. The Morgan fingerprint density at radius 3 is 2.51 bits per heavy atom. The summed E-state index contributed by atoms with van der Waals surface area (Å²) in [6, 6.07) is 29.6. The molecule has 17 heteroatoms. The maximum absolute atomic E-state index is 14.3. The van der Waals surface area contributed by atoms with E-state index in [0.717, 1.165) is 54.6 Å². The van der Waals surface area contributed by atoms with Gasteiger partial charge in [-0.15, -0.1) is 0 Å². The van der Waals surface area contributed by atoms with Crippen molar-refractivity contribution >= 4 is 55.1 Å². The minimum atomic E-state index is -4.77. The van der Waals surface area contributed by atoms with Gasteiger partial charge in [-0.1, -0.05) is 54.6 Å². The predicted molar refractivity (Wildman–Crippen MR) is 253 cm³/mol. The molecule has 2 saturated carbocycles. The molecule has 12 rings (SSSR count). The van der Waals surface area contributed by atoms with E-state index in [1.165, 1.54) is 45.1 Å². The number of nitrogens with one attached hydrogen (secondary N) is 3. The second-order valence-corrected chi connectivity index (χ2v) is 20.7. The van der Waals surface area contributed by atoms with Crippen molar-refractivity contribution in [3.8, 4) is 11.6 Å². The molecule has 1 spiro atoms. The zero-order valence-corrected chi connectivity index (χ0v) is 37.6. The van der Waals surface area contributed by atoms with Crippen LogP contribution in [0.15, 0.2) is 108 Å². The van der Waals surface area contributed by atoms with Crippen molar-refractivity contribution in [1.82, 2.24) is 34.4 Å². The second kappa shape index (κ2) is 16.2. The summed E-state index contributed by atoms with van der Waals surface area (Å²) in [5.74, 6) is -0.454. The Balaban J connectivity index is 0.797. The molecule has 342 valence electrons. The Hall–Kier alpha value is -6.85. The number of carbonyl (C=O) groups excluding carboxylic acids is 1. The number of hydrogen-bond acceptors (Lipinski definition) is 12. The number of ether oxygens (including phenoxy) is 1. The smallest absolute Gasteiger partial charge is 0.300 e. The molecule has 0 radical (unpaired) electrons. The number of pyridine rings is 2. The molecular weight excluding hydrogens is 869 g/mol. The summed E-state index contributed by atoms with van der Waals surface area (Å²) in [5, 5.41) is 20.3. The van der Waals surface area contributed by atoms with E-state index >= 15 is 0 Å². The molecule has 3 N–H and O–H groups in total. The molecule has 3 aromatic carbocycles. The van der Waals surface area contributed by atoms with Gasteiger partial charge in [-0.25, -0.2) is 14.4 Å². The van der Waals surface area contributed by atoms with Gasteiger partial charge in [-0.2, -0.15) is 18.5 Å². The van der Waals surface area contributed by atoms with Gasteiger partial charge < -0.3 is 19.9 Å². The van der Waals surface area contributed by atoms with Gasteiger partial charge >= 0.3 is 5.69 Å². The van der Waals surface area contributed by atoms with E-state index in [4.69, 9.17) is 9.72 Å². The summed E-state index contributed by atoms with van der Waals surface area (Å²) in [6.45, 7) is 2.95. The fraction of sp³-hybridized carbons (Fsp3) is 0.360. The molecule has 4 aromatic heterocycles. The molecule has 3 aliphatic heterocycles. The minimum Gasteiger partial charge on any atom is -0.474 e. The maximum Gasteiger partial charge on any atom is 0.300 e. The highest BCUT2D eigenvalue weighted by Gasteiger charge is 2.50. The molecule has 2 saturated heterocycles. The average molecular weight is 919 g/mol. The largest absolute Gasteiger partial charge is 0.474 e. The Morgan fingerprint density at radius 2 is 1.72 bits per heavy atom. The predicted octanol–water partition coefficient (Wildman–Crippen LogP) is 8.20. The molecule has 67 heavy (non-hydrogen) atoms. The SMILES string of the molecule is O=C(NS(=O)(=O)c1cc([N+](=O)[O-])c2c(n1)OC[C@H](Cc1ccccc1)N2)c1ccc(N2CCC3(CC2)CC(N2CCCC2c2ccccc2C2CC2)C3)cc1-n1ncc2nc3[nH]ccc3cc21. The maximum atomic E-state index is 14.3. The Morgan fingerprint density at radius 1 is 0.925 bits per heavy atom. The molecule has 2 atom stereocenters. The average Bonchev–Trinajstić information content (AvgIpc) is 3.66. The number of carbonyl (C=O) groups is 1. The summed E-state index contributed by atoms with van der Waals surface area (Å²) < 4.78 is 37.6. The van der Waals surface area contributed by atoms with Crippen LogP contribution in [0.2, 0.25) is 0 Å². The van der Waals surface area contributed by atoms with Crippen LogP contribution >= 0.6 is 0 Å². The third-order valence-corrected chi connectivity index (χ3v) is 16.1. The first kappa shape index (κ1) is 41.6. The van der Waals surface area contributed by atoms with Crippen LogP contribution in [0.3, 0.4) is 0 Å². The van der Waals surface area contributed by atoms with E-state index < -0.39 is 31.6 Å². The summed E-state index contributed by atoms with van der Waals surface area (Å²) in [7, 11) is -4.77. The molecule has 5 aliphatic rings. The minimum absolute atomic E-state index is 0.0256. The van der Waals surface area contributed by atoms with Gasteiger partial charge in [-0.05, 0) is 123 Å². The van der Waals surface area contributed by atoms with Crippen LogP contribution in [0, 0.1) is 15.5 Å². The number of H-pyrrole nitrogens is 1. The zero-order chi connectivity index (χ0) is 45.4. The van der Waals surface area contributed by atoms with E-state index in [9.17, 15) is 23.3 Å². The van der Waals surface area contributed by atoms with Gasteiger partial charge in [0, 0.05) is 42.4 Å². The molecule has 0 bridgehead atoms. The first-order valence-electron chi connectivity index (χ1n) is 23.3. The summed E-state index contributed by atoms with van der Waals surface area (Å²) in [5.41, 5.74) is 7.03. The summed E-state index contributed by atoms with van der Waals surface area (Å²) >= 11 is 0. The van der Waals surface area contributed by atoms with Gasteiger partial charge in [0.25, 0.3) is 15.9 Å². The first-order valence-corrected chi connectivity index (χ1v) is 24.8. The molecular formula is C50H50N10O6S. The number of amides is 1. The number of rotatable bonds is 11. The van der Waals surface area contributed by atoms with E-state index in [-0.39, 0.29) is 29.8 Å². The Labute approximate surface area is 386 Å². The number of nitro groups is 1. The third kappa shape index (κ3) is 7.63. The van der Waals surface area contributed by atoms with Crippen LogP contribution in [0.5, 0.6) is 5.88 Å². The fourth-order valence-corrected chi connectivity index (χ4v) is 12.3. The highest BCUT2D eigenvalue weighted by Crippen LogP contribution is 2.55. The molecule has 4 fully saturated rings. The number of likely N-dealkylation sites (tertiary alicyclic amines) is 1. The molecule has 2 aliphatic carbocycles. The number of anilines is 2. The van der Waals surface area contributed by atoms with E-state index in [1.807, 2.05) is 54.6 Å². The zero-order valence-electron chi connectivity index (χ0n) is 36.8. The third-order valence-electron chi connectivity index (χ3n) is 14.9. The quantitative estimate of drug-likeness (QED) is 0.0833. The summed E-state index contributed by atoms with van der Waals surface area (Å²) in [6.07, 6.45) is 13.6. The van der Waals surface area contributed by atoms with Crippen molar-refractivity contribution in [1.29, 1.82) is 0 Å². The lowest BCUT2D eigenvalue weighted by Gasteiger charge is -2.56. The van der Waals surface area contributed by atoms with Crippen molar-refractivity contribution in [2.75, 3.05) is 36.5 Å². The van der Waals surface area contributed by atoms with Crippen LogP contribution in [0.4, 0.5) is 17.1 Å². The molecule has 7 heterocycles. The molecule has 7 aromatic rings. The van der Waals surface area contributed by atoms with Gasteiger partial charge in [-0.3, -0.25) is 19.8 Å². The Kier molecular flexibility index (Phi) is 10.0. The number of sulfonamides is 1. The van der Waals surface area contributed by atoms with Gasteiger partial charge in [0.05, 0.1) is 40.0 Å². The van der Waals surface area contributed by atoms with Gasteiger partial charge in [0.2, 0.25) is 5.88 Å². The van der Waals surface area contributed by atoms with E-state index in [2.05, 4.69) is 59.2 Å². The highest BCUT2D eigenvalue weighted by molar-refractivity contribution is 7.90. The van der Waals surface area contributed by atoms with Gasteiger partial charge in [0.1, 0.15) is 17.8 Å². The van der Waals surface area contributed by atoms with Crippen molar-refractivity contribution in [2.45, 2.75) is 86.9 Å². The van der Waals surface area contributed by atoms with Crippen LogP contribution in [0.1, 0.15) is 90.4 Å². The van der Waals surface area contributed by atoms with Crippen LogP contribution in [-0.2, 0) is 16.4 Å². The number of fused-ring (bicyclic) bond motifs is 3. The molecule has 1 amide bonds. The van der Waals surface area contributed by atoms with Crippen molar-refractivity contribution < 1.29 is 22.9 Å². The number of nitrogens with zero attached hydrogens (tertiary/aromatic N) is 7. The molecule has 16 nitrogen and oxygen atoms in total. The van der Waals surface area contributed by atoms with Crippen LogP contribution in [-0.4, -0.2) is 87.2 Å². The monoisotopic (exact) mass is 918 g/mol. The second-order valence-electron chi connectivity index (χ2n) is 19.1. The normalized spacial score (nSPS) is 20.6. The number of piperidine rings is 1. The van der Waals surface area contributed by atoms with Gasteiger partial charge in [0.15, 0.2) is 10.7 Å². The number of aromatic amines is 1. The lowest BCUT2D eigenvalue weighted by Crippen LogP contribution is -2.55. The van der Waals surface area contributed by atoms with Crippen molar-refractivity contribution in [2.24, 2.45) is 5.41 Å². The van der Waals surface area contributed by atoms with Crippen molar-refractivity contribution in [3.63, 3.8) is 0 Å². The standard InChI is InChI=1S/C50H50N10O6S/c61-48(56-67(64,65)45-26-44(60(62)63)46-49(55-45)66-30-34(53-46)23-31-7-2-1-3-8-31)39-15-14-35(25-42(39)59-43-24-33-16-19-51-47(33)54-40(43)29-52-59)57-21-17-50(18-22-57)27-36(28-50)58-20-6-11-41(58)38-10-5-4-9-37(38)32-12-13-32/h1-5,7-10,14-16,19,24-26,29,32,34,36,41,53H,6,11-13,17-18,20-23,27-28,30H2,(H,51,54)(H,56,61)/t34-,41?/m0/s1. The first-order chi connectivity index (χ1) is 32.6. The van der Waals surface area contributed by atoms with Crippen molar-refractivity contribution in [3.05, 3.63) is 136 Å². The molecule has 1 unspecified atom stereocenters. The number of hydrogen-bond donors (Lipinski definition) is 3. The van der Waals surface area contributed by atoms with E-state index in [0.29, 0.717) is 46.3 Å².